The van der Waals surface area contributed by atoms with E-state index in [0.29, 0.717) is 32.8 Å². The van der Waals surface area contributed by atoms with Crippen LogP contribution in [0.5, 0.6) is 0 Å². The van der Waals surface area contributed by atoms with Crippen molar-refractivity contribution in [3.8, 4) is 0 Å². The van der Waals surface area contributed by atoms with Crippen LogP contribution in [0.25, 0.3) is 43.1 Å². The van der Waals surface area contributed by atoms with E-state index in [1.165, 1.54) is 11.1 Å². The third kappa shape index (κ3) is 3.93. The number of hydrogen-bond donors (Lipinski definition) is 3. The molecule has 0 bridgehead atoms. The van der Waals surface area contributed by atoms with Gasteiger partial charge < -0.3 is 10.4 Å². The summed E-state index contributed by atoms with van der Waals surface area (Å²) in [6.45, 7) is 0. The number of aromatic carboxylic acids is 1. The lowest BCUT2D eigenvalue weighted by Crippen LogP contribution is -2.44. The number of carboxylic acids is 1. The van der Waals surface area contributed by atoms with Gasteiger partial charge in [-0.1, -0.05) is 56.0 Å². The van der Waals surface area contributed by atoms with Crippen LogP contribution in [0.4, 0.5) is 0 Å². The first kappa shape index (κ1) is 26.3. The first-order valence-corrected chi connectivity index (χ1v) is 14.7. The maximum Gasteiger partial charge on any atom is 0.336 e. The second-order valence-electron chi connectivity index (χ2n) is 11.7. The van der Waals surface area contributed by atoms with Crippen molar-refractivity contribution >= 4 is 67.2 Å². The van der Waals surface area contributed by atoms with Crippen molar-refractivity contribution in [2.24, 2.45) is 5.84 Å². The van der Waals surface area contributed by atoms with Gasteiger partial charge in [-0.15, -0.1) is 0 Å². The smallest absolute Gasteiger partial charge is 0.336 e. The zero-order chi connectivity index (χ0) is 29.1. The van der Waals surface area contributed by atoms with E-state index in [-0.39, 0.29) is 29.5 Å². The molecule has 5 aromatic rings. The monoisotopic (exact) mass is 561 g/mol. The van der Waals surface area contributed by atoms with Crippen LogP contribution in [-0.4, -0.2) is 46.3 Å². The predicted molar refractivity (Wildman–Crippen MR) is 162 cm³/mol. The number of nitrogens with zero attached hydrogens (tertiary/aromatic N) is 1. The Labute approximate surface area is 241 Å². The van der Waals surface area contributed by atoms with E-state index < -0.39 is 5.97 Å². The van der Waals surface area contributed by atoms with Gasteiger partial charge in [-0.25, -0.2) is 10.6 Å². The summed E-state index contributed by atoms with van der Waals surface area (Å²) < 4.78 is 0. The molecule has 0 atom stereocenters. The number of nitrogens with two attached hydrogens (primary N) is 1. The SMILES string of the molecule is NN(C(=O)c1ccc2c3ccc(C(=O)O)c4c(C(=O)NC5CCCC5)ccc(c5ccc(C=O)c1c25)c43)C1CCCC1. The minimum absolute atomic E-state index is 0.0410. The molecule has 5 aromatic carbocycles. The quantitative estimate of drug-likeness (QED) is 0.0567. The summed E-state index contributed by atoms with van der Waals surface area (Å²) in [4.78, 5) is 52.0. The van der Waals surface area contributed by atoms with E-state index in [1.54, 1.807) is 24.3 Å². The lowest BCUT2D eigenvalue weighted by molar-refractivity contribution is 0.0679. The Morgan fingerprint density at radius 3 is 1.83 bits per heavy atom. The van der Waals surface area contributed by atoms with Gasteiger partial charge in [0, 0.05) is 39.5 Å². The average Bonchev–Trinajstić information content (AvgIpc) is 3.73. The highest BCUT2D eigenvalue weighted by atomic mass is 16.4. The number of fused-ring (bicyclic) bond motifs is 2. The van der Waals surface area contributed by atoms with E-state index in [1.807, 2.05) is 18.2 Å². The van der Waals surface area contributed by atoms with Gasteiger partial charge in [0.1, 0.15) is 0 Å². The number of carbonyl (C=O) groups is 4. The van der Waals surface area contributed by atoms with Crippen molar-refractivity contribution in [2.45, 2.75) is 63.5 Å². The molecule has 2 aliphatic carbocycles. The molecule has 2 fully saturated rings. The molecule has 0 aliphatic heterocycles. The van der Waals surface area contributed by atoms with Gasteiger partial charge in [-0.3, -0.25) is 19.4 Å². The molecular weight excluding hydrogens is 530 g/mol. The highest BCUT2D eigenvalue weighted by Gasteiger charge is 2.29. The van der Waals surface area contributed by atoms with E-state index in [0.717, 1.165) is 84.6 Å². The third-order valence-electron chi connectivity index (χ3n) is 9.41. The van der Waals surface area contributed by atoms with Crippen molar-refractivity contribution in [1.29, 1.82) is 0 Å². The normalized spacial score (nSPS) is 16.2. The first-order chi connectivity index (χ1) is 20.4. The Hall–Kier alpha value is -4.56. The fourth-order valence-electron chi connectivity index (χ4n) is 7.38. The van der Waals surface area contributed by atoms with Crippen molar-refractivity contribution in [3.05, 3.63) is 70.8 Å². The van der Waals surface area contributed by atoms with Crippen molar-refractivity contribution in [2.75, 3.05) is 0 Å². The summed E-state index contributed by atoms with van der Waals surface area (Å²) in [5, 5.41) is 20.0. The molecule has 2 aliphatic rings. The van der Waals surface area contributed by atoms with Crippen molar-refractivity contribution in [1.82, 2.24) is 10.3 Å². The average molecular weight is 562 g/mol. The molecule has 0 unspecified atom stereocenters. The number of hydrogen-bond acceptors (Lipinski definition) is 5. The topological polar surface area (TPSA) is 130 Å². The number of aldehydes is 1. The fraction of sp³-hybridized carbons (Fsp3) is 0.294. The summed E-state index contributed by atoms with van der Waals surface area (Å²) in [7, 11) is 0. The Kier molecular flexibility index (Phi) is 6.31. The number of rotatable bonds is 6. The van der Waals surface area contributed by atoms with Gasteiger partial charge in [0.25, 0.3) is 11.8 Å². The van der Waals surface area contributed by atoms with Crippen molar-refractivity contribution in [3.63, 3.8) is 0 Å². The largest absolute Gasteiger partial charge is 0.478 e. The molecule has 212 valence electrons. The van der Waals surface area contributed by atoms with Crippen LogP contribution in [0, 0.1) is 0 Å². The Morgan fingerprint density at radius 2 is 1.24 bits per heavy atom. The van der Waals surface area contributed by atoms with Crippen LogP contribution in [-0.2, 0) is 0 Å². The van der Waals surface area contributed by atoms with Gasteiger partial charge in [0.05, 0.1) is 5.56 Å². The molecular formula is C34H31N3O5. The van der Waals surface area contributed by atoms with Crippen LogP contribution in [0.3, 0.4) is 0 Å². The number of nitrogens with one attached hydrogen (secondary N) is 1. The van der Waals surface area contributed by atoms with Crippen molar-refractivity contribution < 1.29 is 24.3 Å². The maximum absolute atomic E-state index is 13.7. The highest BCUT2D eigenvalue weighted by molar-refractivity contribution is 6.38. The van der Waals surface area contributed by atoms with E-state index in [4.69, 9.17) is 5.84 Å². The molecule has 4 N–H and O–H groups in total. The standard InChI is InChI=1S/C34H31N3O5/c35-37(20-7-3-4-8-20)33(40)26-15-12-22-24-13-16-27(34(41)42)31-25(32(39)36-19-5-1-2-6-19)14-11-23(30(24)31)21-10-9-18(17-38)28(26)29(21)22/h9-17,19-20H,1-8,35H2,(H,36,39)(H,41,42). The Balaban J connectivity index is 1.52. The molecule has 8 nitrogen and oxygen atoms in total. The van der Waals surface area contributed by atoms with Crippen LogP contribution in [0.2, 0.25) is 0 Å². The van der Waals surface area contributed by atoms with E-state index in [2.05, 4.69) is 5.32 Å². The zero-order valence-electron chi connectivity index (χ0n) is 23.1. The number of benzene rings is 5. The van der Waals surface area contributed by atoms with Crippen LogP contribution < -0.4 is 11.2 Å². The fourth-order valence-corrected chi connectivity index (χ4v) is 7.38. The van der Waals surface area contributed by atoms with Gasteiger partial charge in [0.15, 0.2) is 6.29 Å². The van der Waals surface area contributed by atoms with E-state index in [9.17, 15) is 24.3 Å². The number of carboxylic acid groups (broad SMARTS) is 1. The second-order valence-corrected chi connectivity index (χ2v) is 11.7. The molecule has 2 saturated carbocycles. The summed E-state index contributed by atoms with van der Waals surface area (Å²) in [6.07, 6.45) is 8.45. The molecule has 8 heteroatoms. The van der Waals surface area contributed by atoms with Crippen LogP contribution in [0.15, 0.2) is 48.5 Å². The lowest BCUT2D eigenvalue weighted by Gasteiger charge is -2.25. The Morgan fingerprint density at radius 1 is 0.714 bits per heavy atom. The molecule has 7 rings (SSSR count). The third-order valence-corrected chi connectivity index (χ3v) is 9.41. The number of carbonyl (C=O) groups excluding carboxylic acids is 3. The minimum atomic E-state index is -1.11. The summed E-state index contributed by atoms with van der Waals surface area (Å²) >= 11 is 0. The molecule has 42 heavy (non-hydrogen) atoms. The first-order valence-electron chi connectivity index (χ1n) is 14.7. The van der Waals surface area contributed by atoms with E-state index >= 15 is 0 Å². The molecule has 0 aromatic heterocycles. The number of hydrazine groups is 1. The van der Waals surface area contributed by atoms with Gasteiger partial charge in [-0.05, 0) is 76.2 Å². The highest BCUT2D eigenvalue weighted by Crippen LogP contribution is 2.44. The van der Waals surface area contributed by atoms with Gasteiger partial charge in [-0.2, -0.15) is 0 Å². The second kappa shape index (κ2) is 10.1. The molecule has 0 radical (unpaired) electrons. The zero-order valence-corrected chi connectivity index (χ0v) is 23.1. The minimum Gasteiger partial charge on any atom is -0.478 e. The summed E-state index contributed by atoms with van der Waals surface area (Å²) in [5.74, 6) is 4.62. The number of amides is 2. The van der Waals surface area contributed by atoms with Gasteiger partial charge in [0.2, 0.25) is 0 Å². The van der Waals surface area contributed by atoms with Crippen LogP contribution in [0.1, 0.15) is 92.8 Å². The lowest BCUT2D eigenvalue weighted by atomic mass is 9.84. The summed E-state index contributed by atoms with van der Waals surface area (Å²) in [6, 6.07) is 14.0. The molecule has 0 heterocycles. The summed E-state index contributed by atoms with van der Waals surface area (Å²) in [5.41, 5.74) is 1.12. The maximum atomic E-state index is 13.7. The van der Waals surface area contributed by atoms with Gasteiger partial charge >= 0.3 is 5.97 Å². The Bertz CT molecular complexity index is 1920. The molecule has 0 saturated heterocycles. The predicted octanol–water partition coefficient (Wildman–Crippen LogP) is 6.18. The molecule has 0 spiro atoms. The molecule has 2 amide bonds. The van der Waals surface area contributed by atoms with Crippen LogP contribution >= 0.6 is 0 Å².